The van der Waals surface area contributed by atoms with Gasteiger partial charge in [-0.3, -0.25) is 14.5 Å². The van der Waals surface area contributed by atoms with Crippen molar-refractivity contribution in [1.82, 2.24) is 0 Å². The zero-order valence-corrected chi connectivity index (χ0v) is 22.4. The number of rotatable bonds is 8. The molecule has 9 nitrogen and oxygen atoms in total. The molecule has 1 amide bonds. The number of carbonyl (C=O) groups excluding carboxylic acids is 3. The van der Waals surface area contributed by atoms with Gasteiger partial charge in [-0.05, 0) is 55.0 Å². The third-order valence-electron chi connectivity index (χ3n) is 6.24. The second-order valence-corrected chi connectivity index (χ2v) is 8.81. The van der Waals surface area contributed by atoms with E-state index in [-0.39, 0.29) is 34.1 Å². The fourth-order valence-corrected chi connectivity index (χ4v) is 4.63. The third-order valence-corrected chi connectivity index (χ3v) is 6.53. The van der Waals surface area contributed by atoms with Gasteiger partial charge in [0.15, 0.2) is 0 Å². The Morgan fingerprint density at radius 2 is 1.64 bits per heavy atom. The summed E-state index contributed by atoms with van der Waals surface area (Å²) in [7, 11) is 4.32. The molecule has 0 saturated carbocycles. The average molecular weight is 552 g/mol. The highest BCUT2D eigenvalue weighted by Gasteiger charge is 2.47. The van der Waals surface area contributed by atoms with Crippen molar-refractivity contribution in [3.8, 4) is 17.2 Å². The van der Waals surface area contributed by atoms with Gasteiger partial charge in [0, 0.05) is 11.8 Å². The summed E-state index contributed by atoms with van der Waals surface area (Å²) < 4.78 is 21.1. The van der Waals surface area contributed by atoms with Gasteiger partial charge in [-0.25, -0.2) is 4.79 Å². The van der Waals surface area contributed by atoms with Crippen molar-refractivity contribution in [2.24, 2.45) is 0 Å². The highest BCUT2D eigenvalue weighted by atomic mass is 35.5. The van der Waals surface area contributed by atoms with Crippen LogP contribution in [0.3, 0.4) is 0 Å². The molecule has 39 heavy (non-hydrogen) atoms. The summed E-state index contributed by atoms with van der Waals surface area (Å²) in [6.07, 6.45) is 0. The van der Waals surface area contributed by atoms with Crippen LogP contribution in [-0.4, -0.2) is 50.7 Å². The number of ketones is 1. The van der Waals surface area contributed by atoms with Crippen LogP contribution in [0.5, 0.6) is 17.2 Å². The van der Waals surface area contributed by atoms with E-state index >= 15 is 0 Å². The molecule has 1 atom stereocenters. The predicted molar refractivity (Wildman–Crippen MR) is 145 cm³/mol. The first-order valence-corrected chi connectivity index (χ1v) is 12.3. The highest BCUT2D eigenvalue weighted by molar-refractivity contribution is 6.51. The van der Waals surface area contributed by atoms with Gasteiger partial charge < -0.3 is 24.1 Å². The SMILES string of the molecule is CCOC(=O)c1ccc(N2C(=O)C(=O)/C(=C(/O)c3cc(Cl)c(OC)cc3OC)C2c2cccc(OC)c2)cc1. The normalized spacial score (nSPS) is 16.2. The van der Waals surface area contributed by atoms with Crippen LogP contribution in [0, 0.1) is 0 Å². The van der Waals surface area contributed by atoms with E-state index in [2.05, 4.69) is 0 Å². The molecular weight excluding hydrogens is 526 g/mol. The van der Waals surface area contributed by atoms with E-state index in [1.807, 2.05) is 0 Å². The summed E-state index contributed by atoms with van der Waals surface area (Å²) in [5.41, 5.74) is 1.04. The fraction of sp³-hybridized carbons (Fsp3) is 0.207. The van der Waals surface area contributed by atoms with Crippen molar-refractivity contribution in [1.29, 1.82) is 0 Å². The number of hydrogen-bond acceptors (Lipinski definition) is 8. The Bertz CT molecular complexity index is 1460. The van der Waals surface area contributed by atoms with E-state index in [0.717, 1.165) is 0 Å². The van der Waals surface area contributed by atoms with E-state index in [4.69, 9.17) is 30.5 Å². The third kappa shape index (κ3) is 5.13. The molecule has 1 aliphatic heterocycles. The molecule has 4 rings (SSSR count). The van der Waals surface area contributed by atoms with Crippen LogP contribution >= 0.6 is 11.6 Å². The molecule has 1 saturated heterocycles. The van der Waals surface area contributed by atoms with Crippen molar-refractivity contribution in [2.75, 3.05) is 32.8 Å². The van der Waals surface area contributed by atoms with Crippen molar-refractivity contribution in [3.63, 3.8) is 0 Å². The Kier molecular flexibility index (Phi) is 8.11. The van der Waals surface area contributed by atoms with Crippen LogP contribution in [0.4, 0.5) is 5.69 Å². The van der Waals surface area contributed by atoms with Crippen LogP contribution in [0.25, 0.3) is 5.76 Å². The maximum atomic E-state index is 13.5. The Hall–Kier alpha value is -4.50. The number of carbonyl (C=O) groups is 3. The molecule has 1 heterocycles. The lowest BCUT2D eigenvalue weighted by molar-refractivity contribution is -0.132. The molecule has 1 aliphatic rings. The number of hydrogen-bond donors (Lipinski definition) is 1. The summed E-state index contributed by atoms with van der Waals surface area (Å²) in [5, 5.41) is 11.7. The van der Waals surface area contributed by atoms with Crippen LogP contribution in [0.1, 0.15) is 34.5 Å². The van der Waals surface area contributed by atoms with Gasteiger partial charge in [-0.15, -0.1) is 0 Å². The maximum absolute atomic E-state index is 13.5. The van der Waals surface area contributed by atoms with E-state index in [0.29, 0.717) is 22.7 Å². The van der Waals surface area contributed by atoms with Crippen LogP contribution in [0.2, 0.25) is 5.02 Å². The standard InChI is InChI=1S/C29H26ClNO8/c1-5-39-29(35)16-9-11-18(12-10-16)31-25(17-7-6-8-19(13-17)36-2)24(27(33)28(31)34)26(32)20-14-21(30)23(38-4)15-22(20)37-3/h6-15,25,32H,5H2,1-4H3/b26-24+. The number of anilines is 1. The zero-order chi connectivity index (χ0) is 28.3. The van der Waals surface area contributed by atoms with Crippen molar-refractivity contribution in [3.05, 3.63) is 87.9 Å². The Morgan fingerprint density at radius 3 is 2.26 bits per heavy atom. The number of esters is 1. The molecule has 0 bridgehead atoms. The van der Waals surface area contributed by atoms with Crippen molar-refractivity contribution < 1.29 is 38.4 Å². The minimum absolute atomic E-state index is 0.104. The van der Waals surface area contributed by atoms with Crippen molar-refractivity contribution in [2.45, 2.75) is 13.0 Å². The largest absolute Gasteiger partial charge is 0.507 e. The molecule has 1 fully saturated rings. The second-order valence-electron chi connectivity index (χ2n) is 8.40. The minimum atomic E-state index is -1.04. The number of halogens is 1. The first kappa shape index (κ1) is 27.5. The Labute approximate surface area is 230 Å². The number of ether oxygens (including phenoxy) is 4. The molecule has 202 valence electrons. The molecule has 1 N–H and O–H groups in total. The summed E-state index contributed by atoms with van der Waals surface area (Å²) in [6, 6.07) is 14.7. The van der Waals surface area contributed by atoms with Gasteiger partial charge in [0.1, 0.15) is 23.0 Å². The summed E-state index contributed by atoms with van der Waals surface area (Å²) in [4.78, 5) is 40.4. The molecule has 0 spiro atoms. The molecule has 10 heteroatoms. The smallest absolute Gasteiger partial charge is 0.338 e. The lowest BCUT2D eigenvalue weighted by Gasteiger charge is -2.26. The molecular formula is C29H26ClNO8. The van der Waals surface area contributed by atoms with E-state index < -0.39 is 29.5 Å². The van der Waals surface area contributed by atoms with Gasteiger partial charge in [-0.1, -0.05) is 23.7 Å². The monoisotopic (exact) mass is 551 g/mol. The zero-order valence-electron chi connectivity index (χ0n) is 21.7. The van der Waals surface area contributed by atoms with E-state index in [9.17, 15) is 19.5 Å². The molecule has 0 aliphatic carbocycles. The highest BCUT2D eigenvalue weighted by Crippen LogP contribution is 2.45. The number of aliphatic hydroxyl groups is 1. The minimum Gasteiger partial charge on any atom is -0.507 e. The van der Waals surface area contributed by atoms with Gasteiger partial charge in [0.05, 0.1) is 55.7 Å². The maximum Gasteiger partial charge on any atom is 0.338 e. The van der Waals surface area contributed by atoms with Crippen LogP contribution < -0.4 is 19.1 Å². The summed E-state index contributed by atoms with van der Waals surface area (Å²) in [5.74, 6) is -1.80. The Balaban J connectivity index is 1.93. The lowest BCUT2D eigenvalue weighted by atomic mass is 9.94. The fourth-order valence-electron chi connectivity index (χ4n) is 4.39. The predicted octanol–water partition coefficient (Wildman–Crippen LogP) is 5.17. The molecule has 3 aromatic carbocycles. The number of Topliss-reactive ketones (excluding diaryl/α,β-unsaturated/α-hetero) is 1. The van der Waals surface area contributed by atoms with Crippen molar-refractivity contribution >= 4 is 40.7 Å². The number of aliphatic hydroxyl groups excluding tert-OH is 1. The van der Waals surface area contributed by atoms with Gasteiger partial charge >= 0.3 is 5.97 Å². The lowest BCUT2D eigenvalue weighted by Crippen LogP contribution is -2.29. The van der Waals surface area contributed by atoms with Gasteiger partial charge in [0.25, 0.3) is 11.7 Å². The number of nitrogens with zero attached hydrogens (tertiary/aromatic N) is 1. The average Bonchev–Trinajstić information content (AvgIpc) is 3.22. The molecule has 0 radical (unpaired) electrons. The first-order valence-electron chi connectivity index (χ1n) is 11.9. The molecule has 0 aromatic heterocycles. The summed E-state index contributed by atoms with van der Waals surface area (Å²) in [6.45, 7) is 1.91. The number of benzene rings is 3. The van der Waals surface area contributed by atoms with Gasteiger partial charge in [-0.2, -0.15) is 0 Å². The van der Waals surface area contributed by atoms with Crippen LogP contribution in [0.15, 0.2) is 66.2 Å². The van der Waals surface area contributed by atoms with Gasteiger partial charge in [0.2, 0.25) is 0 Å². The van der Waals surface area contributed by atoms with Crippen LogP contribution in [-0.2, 0) is 14.3 Å². The molecule has 1 unspecified atom stereocenters. The quantitative estimate of drug-likeness (QED) is 0.177. The van der Waals surface area contributed by atoms with E-state index in [1.54, 1.807) is 31.2 Å². The topological polar surface area (TPSA) is 112 Å². The number of methoxy groups -OCH3 is 3. The number of amides is 1. The van der Waals surface area contributed by atoms with E-state index in [1.165, 1.54) is 62.6 Å². The Morgan fingerprint density at radius 1 is 0.949 bits per heavy atom. The molecule has 3 aromatic rings. The summed E-state index contributed by atoms with van der Waals surface area (Å²) >= 11 is 6.32. The second kappa shape index (κ2) is 11.5. The first-order chi connectivity index (χ1) is 18.7.